The monoisotopic (exact) mass is 501 g/mol. The molecule has 8 nitrogen and oxygen atoms in total. The maximum Gasteiger partial charge on any atom is 0.389 e. The van der Waals surface area contributed by atoms with Crippen molar-refractivity contribution >= 4 is 29.5 Å². The lowest BCUT2D eigenvalue weighted by molar-refractivity contribution is -0.144. The first-order chi connectivity index (χ1) is 17.1. The molecule has 1 fully saturated rings. The summed E-state index contributed by atoms with van der Waals surface area (Å²) in [5.74, 6) is -3.15. The number of amides is 5. The lowest BCUT2D eigenvalue weighted by Gasteiger charge is -2.27. The molecule has 0 spiro atoms. The molecule has 1 atom stereocenters. The highest BCUT2D eigenvalue weighted by Crippen LogP contribution is 2.36. The summed E-state index contributed by atoms with van der Waals surface area (Å²) in [6, 6.07) is 10.7. The van der Waals surface area contributed by atoms with Crippen molar-refractivity contribution in [3.63, 3.8) is 0 Å². The molecule has 2 aliphatic rings. The molecule has 2 aliphatic heterocycles. The van der Waals surface area contributed by atoms with Gasteiger partial charge >= 0.3 is 6.18 Å². The number of imide groups is 2. The van der Waals surface area contributed by atoms with Gasteiger partial charge in [-0.15, -0.1) is 0 Å². The van der Waals surface area contributed by atoms with E-state index in [2.05, 4.69) is 10.6 Å². The van der Waals surface area contributed by atoms with Gasteiger partial charge in [0.15, 0.2) is 0 Å². The summed E-state index contributed by atoms with van der Waals surface area (Å²) in [6.45, 7) is 0.0814. The highest BCUT2D eigenvalue weighted by molar-refractivity contribution is 6.25. The van der Waals surface area contributed by atoms with E-state index in [9.17, 15) is 37.1 Å². The Hall–Kier alpha value is -4.02. The molecule has 0 aromatic heterocycles. The van der Waals surface area contributed by atoms with Crippen molar-refractivity contribution in [2.75, 3.05) is 6.54 Å². The third-order valence-corrected chi connectivity index (χ3v) is 6.13. The third-order valence-electron chi connectivity index (χ3n) is 6.13. The number of rotatable bonds is 7. The van der Waals surface area contributed by atoms with Crippen LogP contribution in [-0.4, -0.2) is 53.2 Å². The van der Waals surface area contributed by atoms with Crippen molar-refractivity contribution in [3.8, 4) is 11.1 Å². The predicted molar refractivity (Wildman–Crippen MR) is 121 cm³/mol. The van der Waals surface area contributed by atoms with Crippen LogP contribution in [0, 0.1) is 0 Å². The second-order valence-electron chi connectivity index (χ2n) is 8.55. The average Bonchev–Trinajstić information content (AvgIpc) is 3.08. The quantitative estimate of drug-likeness (QED) is 0.567. The molecule has 2 aromatic rings. The average molecular weight is 501 g/mol. The van der Waals surface area contributed by atoms with Gasteiger partial charge in [-0.3, -0.25) is 34.2 Å². The Kier molecular flexibility index (Phi) is 6.91. The van der Waals surface area contributed by atoms with Crippen LogP contribution in [-0.2, 0) is 20.8 Å². The Bertz CT molecular complexity index is 1260. The number of nitrogens with one attached hydrogen (secondary N) is 2. The molecule has 36 heavy (non-hydrogen) atoms. The van der Waals surface area contributed by atoms with Crippen LogP contribution in [0.1, 0.15) is 52.0 Å². The number of hydrogen-bond acceptors (Lipinski definition) is 5. The van der Waals surface area contributed by atoms with Crippen LogP contribution in [0.5, 0.6) is 0 Å². The second-order valence-corrected chi connectivity index (χ2v) is 8.55. The molecule has 5 amide bonds. The van der Waals surface area contributed by atoms with Gasteiger partial charge in [-0.1, -0.05) is 36.4 Å². The smallest absolute Gasteiger partial charge is 0.356 e. The SMILES string of the molecule is O=C(CCC(F)(F)F)NCCc1ccccc1-c1cccc2c1C(=O)N(C1CCC(=O)NC1=O)C2=O. The van der Waals surface area contributed by atoms with Gasteiger partial charge in [0.2, 0.25) is 17.7 Å². The standard InChI is InChI=1S/C25H22F3N3O5/c26-25(27,28)12-10-19(32)29-13-11-14-4-1-2-5-15(14)16-6-3-7-17-21(16)24(36)31(23(17)35)18-8-9-20(33)30-22(18)34/h1-7,18H,8-13H2,(H,29,32)(H,30,33,34). The summed E-state index contributed by atoms with van der Waals surface area (Å²) in [5, 5.41) is 4.63. The maximum atomic E-state index is 13.4. The Morgan fingerprint density at radius 1 is 0.972 bits per heavy atom. The summed E-state index contributed by atoms with van der Waals surface area (Å²) in [6.07, 6.45) is -5.96. The minimum atomic E-state index is -4.41. The van der Waals surface area contributed by atoms with E-state index in [1.807, 2.05) is 0 Å². The van der Waals surface area contributed by atoms with E-state index < -0.39 is 54.6 Å². The van der Waals surface area contributed by atoms with Gasteiger partial charge in [0.05, 0.1) is 17.5 Å². The molecule has 2 N–H and O–H groups in total. The molecule has 1 saturated heterocycles. The van der Waals surface area contributed by atoms with Crippen molar-refractivity contribution in [2.24, 2.45) is 0 Å². The first-order valence-corrected chi connectivity index (χ1v) is 11.3. The van der Waals surface area contributed by atoms with Crippen molar-refractivity contribution in [3.05, 3.63) is 59.2 Å². The van der Waals surface area contributed by atoms with Crippen LogP contribution < -0.4 is 10.6 Å². The van der Waals surface area contributed by atoms with Crippen molar-refractivity contribution in [1.29, 1.82) is 0 Å². The van der Waals surface area contributed by atoms with Gasteiger partial charge in [-0.25, -0.2) is 0 Å². The molecule has 188 valence electrons. The molecule has 0 bridgehead atoms. The van der Waals surface area contributed by atoms with Crippen molar-refractivity contribution < 1.29 is 37.1 Å². The molecular weight excluding hydrogens is 479 g/mol. The largest absolute Gasteiger partial charge is 0.389 e. The summed E-state index contributed by atoms with van der Waals surface area (Å²) in [5.41, 5.74) is 2.05. The van der Waals surface area contributed by atoms with Crippen LogP contribution in [0.2, 0.25) is 0 Å². The molecule has 2 aromatic carbocycles. The van der Waals surface area contributed by atoms with E-state index in [-0.39, 0.29) is 36.9 Å². The highest BCUT2D eigenvalue weighted by atomic mass is 19.4. The lowest BCUT2D eigenvalue weighted by atomic mass is 9.92. The van der Waals surface area contributed by atoms with Gasteiger partial charge in [-0.05, 0) is 35.6 Å². The molecule has 2 heterocycles. The summed E-state index contributed by atoms with van der Waals surface area (Å²) < 4.78 is 37.0. The number of halogens is 3. The Labute approximate surface area is 203 Å². The van der Waals surface area contributed by atoms with E-state index in [4.69, 9.17) is 0 Å². The topological polar surface area (TPSA) is 113 Å². The number of benzene rings is 2. The zero-order valence-electron chi connectivity index (χ0n) is 19.0. The van der Waals surface area contributed by atoms with Crippen LogP contribution in [0.25, 0.3) is 11.1 Å². The Morgan fingerprint density at radius 3 is 2.39 bits per heavy atom. The zero-order valence-corrected chi connectivity index (χ0v) is 19.0. The van der Waals surface area contributed by atoms with E-state index in [0.717, 1.165) is 4.90 Å². The molecule has 11 heteroatoms. The van der Waals surface area contributed by atoms with Gasteiger partial charge in [-0.2, -0.15) is 13.2 Å². The molecule has 0 radical (unpaired) electrons. The Morgan fingerprint density at radius 2 is 1.67 bits per heavy atom. The minimum absolute atomic E-state index is 0.00813. The lowest BCUT2D eigenvalue weighted by Crippen LogP contribution is -2.54. The molecule has 0 saturated carbocycles. The van der Waals surface area contributed by atoms with Crippen LogP contribution >= 0.6 is 0 Å². The van der Waals surface area contributed by atoms with Crippen LogP contribution in [0.15, 0.2) is 42.5 Å². The fourth-order valence-corrected chi connectivity index (χ4v) is 4.42. The Balaban J connectivity index is 1.56. The van der Waals surface area contributed by atoms with Crippen LogP contribution in [0.4, 0.5) is 13.2 Å². The molecule has 1 unspecified atom stereocenters. The number of piperidine rings is 1. The summed E-state index contributed by atoms with van der Waals surface area (Å²) in [4.78, 5) is 63.0. The zero-order chi connectivity index (χ0) is 26.0. The third kappa shape index (κ3) is 5.14. The second kappa shape index (κ2) is 9.92. The van der Waals surface area contributed by atoms with E-state index in [0.29, 0.717) is 16.7 Å². The number of nitrogens with zero attached hydrogens (tertiary/aromatic N) is 1. The molecular formula is C25H22F3N3O5. The highest BCUT2D eigenvalue weighted by Gasteiger charge is 2.45. The number of alkyl halides is 3. The van der Waals surface area contributed by atoms with E-state index >= 15 is 0 Å². The van der Waals surface area contributed by atoms with Gasteiger partial charge in [0.25, 0.3) is 11.8 Å². The maximum absolute atomic E-state index is 13.4. The minimum Gasteiger partial charge on any atom is -0.356 e. The molecule has 0 aliphatic carbocycles. The summed E-state index contributed by atoms with van der Waals surface area (Å²) in [7, 11) is 0. The van der Waals surface area contributed by atoms with E-state index in [1.54, 1.807) is 36.4 Å². The first kappa shape index (κ1) is 25.1. The number of fused-ring (bicyclic) bond motifs is 1. The number of carbonyl (C=O) groups excluding carboxylic acids is 5. The predicted octanol–water partition coefficient (Wildman–Crippen LogP) is 2.76. The molecule has 4 rings (SSSR count). The fraction of sp³-hybridized carbons (Fsp3) is 0.320. The first-order valence-electron chi connectivity index (χ1n) is 11.3. The summed E-state index contributed by atoms with van der Waals surface area (Å²) >= 11 is 0. The van der Waals surface area contributed by atoms with Crippen molar-refractivity contribution in [1.82, 2.24) is 15.5 Å². The van der Waals surface area contributed by atoms with Gasteiger partial charge in [0, 0.05) is 19.4 Å². The van der Waals surface area contributed by atoms with E-state index in [1.165, 1.54) is 6.07 Å². The van der Waals surface area contributed by atoms with Crippen LogP contribution in [0.3, 0.4) is 0 Å². The number of hydrogen-bond donors (Lipinski definition) is 2. The van der Waals surface area contributed by atoms with Gasteiger partial charge in [0.1, 0.15) is 6.04 Å². The van der Waals surface area contributed by atoms with Crippen molar-refractivity contribution in [2.45, 2.75) is 44.3 Å². The normalized spacial score (nSPS) is 17.8. The number of carbonyl (C=O) groups is 5. The van der Waals surface area contributed by atoms with Gasteiger partial charge < -0.3 is 5.32 Å². The fourth-order valence-electron chi connectivity index (χ4n) is 4.42.